The van der Waals surface area contributed by atoms with Crippen LogP contribution in [0.1, 0.15) is 47.8 Å². The van der Waals surface area contributed by atoms with Crippen LogP contribution in [0.4, 0.5) is 13.2 Å². The molecule has 1 fully saturated rings. The lowest BCUT2D eigenvalue weighted by atomic mass is 10.0. The van der Waals surface area contributed by atoms with Crippen molar-refractivity contribution in [1.82, 2.24) is 20.1 Å². The van der Waals surface area contributed by atoms with Gasteiger partial charge in [-0.3, -0.25) is 4.79 Å². The Hall–Kier alpha value is -2.42. The molecule has 1 aromatic heterocycles. The fourth-order valence-corrected chi connectivity index (χ4v) is 2.96. The van der Waals surface area contributed by atoms with Gasteiger partial charge in [0.1, 0.15) is 5.82 Å². The first-order chi connectivity index (χ1) is 12.3. The van der Waals surface area contributed by atoms with E-state index in [1.807, 2.05) is 11.5 Å². The van der Waals surface area contributed by atoms with Crippen molar-refractivity contribution in [2.45, 2.75) is 44.6 Å². The second-order valence-electron chi connectivity index (χ2n) is 6.18. The SMILES string of the molecule is COC(C(=O)NCc1nnc(C)n1C1CC1)c1ccccc1C(F)(F)F. The molecule has 1 aliphatic carbocycles. The third kappa shape index (κ3) is 3.72. The van der Waals surface area contributed by atoms with Crippen LogP contribution < -0.4 is 5.32 Å². The second kappa shape index (κ2) is 7.06. The lowest BCUT2D eigenvalue weighted by Crippen LogP contribution is -2.32. The average molecular weight is 368 g/mol. The molecular formula is C17H19F3N4O2. The molecule has 26 heavy (non-hydrogen) atoms. The zero-order valence-corrected chi connectivity index (χ0v) is 14.4. The molecule has 0 saturated heterocycles. The van der Waals surface area contributed by atoms with E-state index in [2.05, 4.69) is 15.5 Å². The highest BCUT2D eigenvalue weighted by molar-refractivity contribution is 5.82. The first-order valence-corrected chi connectivity index (χ1v) is 8.20. The van der Waals surface area contributed by atoms with Crippen LogP contribution in [-0.2, 0) is 22.3 Å². The quantitative estimate of drug-likeness (QED) is 0.851. The van der Waals surface area contributed by atoms with E-state index in [1.165, 1.54) is 25.3 Å². The molecule has 0 bridgehead atoms. The van der Waals surface area contributed by atoms with Crippen LogP contribution in [0.3, 0.4) is 0 Å². The molecule has 2 aromatic rings. The van der Waals surface area contributed by atoms with Gasteiger partial charge >= 0.3 is 6.18 Å². The fraction of sp³-hybridized carbons (Fsp3) is 0.471. The number of rotatable bonds is 6. The smallest absolute Gasteiger partial charge is 0.367 e. The first kappa shape index (κ1) is 18.4. The van der Waals surface area contributed by atoms with Crippen molar-refractivity contribution < 1.29 is 22.7 Å². The van der Waals surface area contributed by atoms with E-state index >= 15 is 0 Å². The van der Waals surface area contributed by atoms with Crippen molar-refractivity contribution in [1.29, 1.82) is 0 Å². The van der Waals surface area contributed by atoms with Gasteiger partial charge in [-0.25, -0.2) is 0 Å². The molecule has 1 aromatic carbocycles. The van der Waals surface area contributed by atoms with Gasteiger partial charge in [-0.15, -0.1) is 10.2 Å². The molecule has 1 amide bonds. The van der Waals surface area contributed by atoms with Gasteiger partial charge in [-0.1, -0.05) is 18.2 Å². The van der Waals surface area contributed by atoms with Crippen molar-refractivity contribution >= 4 is 5.91 Å². The Labute approximate surface area is 148 Å². The summed E-state index contributed by atoms with van der Waals surface area (Å²) in [4.78, 5) is 12.5. The molecule has 1 saturated carbocycles. The van der Waals surface area contributed by atoms with Crippen molar-refractivity contribution in [3.05, 3.63) is 47.0 Å². The van der Waals surface area contributed by atoms with Crippen LogP contribution in [0, 0.1) is 6.92 Å². The Morgan fingerprint density at radius 3 is 2.65 bits per heavy atom. The molecule has 0 aliphatic heterocycles. The number of halogens is 3. The molecule has 1 heterocycles. The summed E-state index contributed by atoms with van der Waals surface area (Å²) >= 11 is 0. The highest BCUT2D eigenvalue weighted by Gasteiger charge is 2.37. The van der Waals surface area contributed by atoms with E-state index < -0.39 is 23.8 Å². The Kier molecular flexibility index (Phi) is 4.99. The second-order valence-corrected chi connectivity index (χ2v) is 6.18. The summed E-state index contributed by atoms with van der Waals surface area (Å²) in [7, 11) is 1.20. The minimum Gasteiger partial charge on any atom is -0.367 e. The van der Waals surface area contributed by atoms with Gasteiger partial charge in [0.15, 0.2) is 11.9 Å². The van der Waals surface area contributed by atoms with Gasteiger partial charge in [-0.05, 0) is 25.8 Å². The maximum absolute atomic E-state index is 13.2. The number of aryl methyl sites for hydroxylation is 1. The van der Waals surface area contributed by atoms with Crippen LogP contribution in [0.2, 0.25) is 0 Å². The van der Waals surface area contributed by atoms with E-state index in [1.54, 1.807) is 0 Å². The number of amides is 1. The normalized spacial score (nSPS) is 15.7. The van der Waals surface area contributed by atoms with Gasteiger partial charge in [0, 0.05) is 18.7 Å². The van der Waals surface area contributed by atoms with E-state index in [4.69, 9.17) is 4.74 Å². The highest BCUT2D eigenvalue weighted by Crippen LogP contribution is 2.37. The number of hydrogen-bond acceptors (Lipinski definition) is 4. The molecule has 3 rings (SSSR count). The Balaban J connectivity index is 1.77. The molecule has 1 atom stereocenters. The Bertz CT molecular complexity index is 800. The van der Waals surface area contributed by atoms with Gasteiger partial charge in [-0.2, -0.15) is 13.2 Å². The van der Waals surface area contributed by atoms with Gasteiger partial charge in [0.2, 0.25) is 0 Å². The number of ether oxygens (including phenoxy) is 1. The van der Waals surface area contributed by atoms with Crippen molar-refractivity contribution in [3.63, 3.8) is 0 Å². The summed E-state index contributed by atoms with van der Waals surface area (Å²) in [5.41, 5.74) is -1.11. The van der Waals surface area contributed by atoms with Crippen molar-refractivity contribution in [2.75, 3.05) is 7.11 Å². The van der Waals surface area contributed by atoms with Crippen molar-refractivity contribution in [3.8, 4) is 0 Å². The molecule has 1 unspecified atom stereocenters. The zero-order valence-electron chi connectivity index (χ0n) is 14.4. The number of nitrogens with one attached hydrogen (secondary N) is 1. The van der Waals surface area contributed by atoms with Crippen LogP contribution in [0.15, 0.2) is 24.3 Å². The summed E-state index contributed by atoms with van der Waals surface area (Å²) < 4.78 is 46.6. The summed E-state index contributed by atoms with van der Waals surface area (Å²) in [6.07, 6.45) is -3.89. The molecule has 1 N–H and O–H groups in total. The predicted molar refractivity (Wildman–Crippen MR) is 86.1 cm³/mol. The first-order valence-electron chi connectivity index (χ1n) is 8.20. The van der Waals surface area contributed by atoms with Crippen molar-refractivity contribution in [2.24, 2.45) is 0 Å². The molecule has 0 spiro atoms. The zero-order chi connectivity index (χ0) is 18.9. The topological polar surface area (TPSA) is 69.0 Å². The fourth-order valence-electron chi connectivity index (χ4n) is 2.96. The Morgan fingerprint density at radius 1 is 1.35 bits per heavy atom. The number of aromatic nitrogens is 3. The number of benzene rings is 1. The van der Waals surface area contributed by atoms with E-state index in [9.17, 15) is 18.0 Å². The Morgan fingerprint density at radius 2 is 2.04 bits per heavy atom. The maximum Gasteiger partial charge on any atom is 0.416 e. The largest absolute Gasteiger partial charge is 0.416 e. The summed E-state index contributed by atoms with van der Waals surface area (Å²) in [6, 6.07) is 5.23. The summed E-state index contributed by atoms with van der Waals surface area (Å²) in [6.45, 7) is 1.90. The number of hydrogen-bond donors (Lipinski definition) is 1. The van der Waals surface area contributed by atoms with Crippen LogP contribution >= 0.6 is 0 Å². The van der Waals surface area contributed by atoms with E-state index in [0.717, 1.165) is 24.7 Å². The van der Waals surface area contributed by atoms with Crippen LogP contribution in [0.5, 0.6) is 0 Å². The molecular weight excluding hydrogens is 349 g/mol. The minimum atomic E-state index is -4.57. The molecule has 140 valence electrons. The lowest BCUT2D eigenvalue weighted by molar-refractivity contribution is -0.141. The monoisotopic (exact) mass is 368 g/mol. The number of carbonyl (C=O) groups is 1. The minimum absolute atomic E-state index is 0.0736. The standard InChI is InChI=1S/C17H19F3N4O2/c1-10-22-23-14(24(10)11-7-8-11)9-21-16(25)15(26-2)12-5-3-4-6-13(12)17(18,19)20/h3-6,11,15H,7-9H2,1-2H3,(H,21,25). The number of carbonyl (C=O) groups excluding carboxylic acids is 1. The molecule has 9 heteroatoms. The lowest BCUT2D eigenvalue weighted by Gasteiger charge is -2.20. The summed E-state index contributed by atoms with van der Waals surface area (Å²) in [5.74, 6) is 0.673. The van der Waals surface area contributed by atoms with Crippen LogP contribution in [0.25, 0.3) is 0 Å². The average Bonchev–Trinajstić information content (AvgIpc) is 3.36. The van der Waals surface area contributed by atoms with Gasteiger partial charge < -0.3 is 14.6 Å². The van der Waals surface area contributed by atoms with Gasteiger partial charge in [0.05, 0.1) is 12.1 Å². The molecule has 6 nitrogen and oxygen atoms in total. The number of nitrogens with zero attached hydrogens (tertiary/aromatic N) is 3. The van der Waals surface area contributed by atoms with Crippen LogP contribution in [-0.4, -0.2) is 27.8 Å². The maximum atomic E-state index is 13.2. The number of alkyl halides is 3. The highest BCUT2D eigenvalue weighted by atomic mass is 19.4. The van der Waals surface area contributed by atoms with E-state index in [-0.39, 0.29) is 12.1 Å². The molecule has 0 radical (unpaired) electrons. The number of methoxy groups -OCH3 is 1. The summed E-state index contributed by atoms with van der Waals surface area (Å²) in [5, 5.41) is 10.7. The third-order valence-corrected chi connectivity index (χ3v) is 4.29. The predicted octanol–water partition coefficient (Wildman–Crippen LogP) is 2.94. The van der Waals surface area contributed by atoms with Gasteiger partial charge in [0.25, 0.3) is 5.91 Å². The molecule has 1 aliphatic rings. The van der Waals surface area contributed by atoms with E-state index in [0.29, 0.717) is 11.9 Å². The third-order valence-electron chi connectivity index (χ3n) is 4.29.